The van der Waals surface area contributed by atoms with Crippen LogP contribution in [-0.2, 0) is 16.4 Å². The number of carbonyl (C=O) groups excluding carboxylic acids is 1. The molecule has 31 heavy (non-hydrogen) atoms. The minimum absolute atomic E-state index is 0.0116. The fourth-order valence-electron chi connectivity index (χ4n) is 3.41. The Morgan fingerprint density at radius 2 is 1.74 bits per heavy atom. The first-order chi connectivity index (χ1) is 14.8. The van der Waals surface area contributed by atoms with Crippen molar-refractivity contribution in [3.05, 3.63) is 83.9 Å². The smallest absolute Gasteiger partial charge is 0.387 e. The van der Waals surface area contributed by atoms with E-state index in [2.05, 4.69) is 10.1 Å². The number of fused-ring (bicyclic) bond motifs is 1. The quantitative estimate of drug-likeness (QED) is 0.615. The van der Waals surface area contributed by atoms with Crippen LogP contribution >= 0.6 is 0 Å². The van der Waals surface area contributed by atoms with Crippen molar-refractivity contribution in [2.45, 2.75) is 17.9 Å². The van der Waals surface area contributed by atoms with E-state index in [1.165, 1.54) is 52.8 Å². The van der Waals surface area contributed by atoms with Gasteiger partial charge in [-0.2, -0.15) is 8.78 Å². The van der Waals surface area contributed by atoms with E-state index in [4.69, 9.17) is 0 Å². The van der Waals surface area contributed by atoms with Crippen molar-refractivity contribution < 1.29 is 26.7 Å². The van der Waals surface area contributed by atoms with Gasteiger partial charge in [-0.15, -0.1) is 0 Å². The molecule has 0 aliphatic carbocycles. The van der Waals surface area contributed by atoms with E-state index in [1.807, 2.05) is 12.1 Å². The number of carbonyl (C=O) groups is 1. The van der Waals surface area contributed by atoms with Crippen LogP contribution in [0.5, 0.6) is 5.75 Å². The lowest BCUT2D eigenvalue weighted by molar-refractivity contribution is -0.0498. The molecule has 3 aromatic carbocycles. The first kappa shape index (κ1) is 20.8. The van der Waals surface area contributed by atoms with Gasteiger partial charge < -0.3 is 10.1 Å². The topological polar surface area (TPSA) is 75.7 Å². The van der Waals surface area contributed by atoms with Crippen LogP contribution in [0.15, 0.2) is 77.7 Å². The molecule has 1 aliphatic heterocycles. The molecule has 1 amide bonds. The maximum atomic E-state index is 13.2. The summed E-state index contributed by atoms with van der Waals surface area (Å²) in [5.41, 5.74) is 2.11. The molecule has 0 fully saturated rings. The number of rotatable bonds is 6. The van der Waals surface area contributed by atoms with Crippen LogP contribution in [0.4, 0.5) is 20.2 Å². The molecular weight excluding hydrogens is 426 g/mol. The predicted octanol–water partition coefficient (Wildman–Crippen LogP) is 4.29. The molecule has 1 heterocycles. The van der Waals surface area contributed by atoms with Gasteiger partial charge in [-0.3, -0.25) is 9.10 Å². The summed E-state index contributed by atoms with van der Waals surface area (Å²) >= 11 is 0. The summed E-state index contributed by atoms with van der Waals surface area (Å²) in [4.78, 5) is 12.6. The molecule has 1 aliphatic rings. The molecule has 4 rings (SSSR count). The van der Waals surface area contributed by atoms with Crippen molar-refractivity contribution in [3.8, 4) is 5.75 Å². The Morgan fingerprint density at radius 1 is 1.00 bits per heavy atom. The first-order valence-corrected chi connectivity index (χ1v) is 10.9. The third kappa shape index (κ3) is 4.36. The highest BCUT2D eigenvalue weighted by atomic mass is 32.2. The molecule has 0 saturated heterocycles. The maximum absolute atomic E-state index is 13.2. The summed E-state index contributed by atoms with van der Waals surface area (Å²) in [7, 11) is -3.83. The van der Waals surface area contributed by atoms with Crippen LogP contribution in [0.3, 0.4) is 0 Å². The number of para-hydroxylation sites is 1. The van der Waals surface area contributed by atoms with Crippen LogP contribution < -0.4 is 14.4 Å². The molecule has 0 atom stereocenters. The fourth-order valence-corrected chi connectivity index (χ4v) is 4.96. The van der Waals surface area contributed by atoms with Crippen molar-refractivity contribution >= 4 is 27.3 Å². The van der Waals surface area contributed by atoms with Gasteiger partial charge >= 0.3 is 6.61 Å². The number of nitrogens with zero attached hydrogens (tertiary/aromatic N) is 1. The van der Waals surface area contributed by atoms with Crippen LogP contribution in [0.1, 0.15) is 15.9 Å². The summed E-state index contributed by atoms with van der Waals surface area (Å²) in [5.74, 6) is -0.562. The van der Waals surface area contributed by atoms with E-state index in [9.17, 15) is 22.0 Å². The van der Waals surface area contributed by atoms with Crippen LogP contribution in [-0.4, -0.2) is 27.5 Å². The number of anilines is 2. The lowest BCUT2D eigenvalue weighted by Gasteiger charge is -2.20. The van der Waals surface area contributed by atoms with Crippen molar-refractivity contribution in [2.75, 3.05) is 16.2 Å². The number of hydrogen-bond acceptors (Lipinski definition) is 4. The number of ether oxygens (including phenoxy) is 1. The van der Waals surface area contributed by atoms with E-state index in [0.717, 1.165) is 5.56 Å². The van der Waals surface area contributed by atoms with Crippen molar-refractivity contribution in [1.82, 2.24) is 0 Å². The summed E-state index contributed by atoms with van der Waals surface area (Å²) in [6.45, 7) is -2.60. The van der Waals surface area contributed by atoms with Gasteiger partial charge in [0.05, 0.1) is 10.6 Å². The van der Waals surface area contributed by atoms with Gasteiger partial charge in [0.25, 0.3) is 15.9 Å². The van der Waals surface area contributed by atoms with Gasteiger partial charge in [-0.25, -0.2) is 8.42 Å². The highest BCUT2D eigenvalue weighted by Gasteiger charge is 2.30. The molecule has 0 aromatic heterocycles. The summed E-state index contributed by atoms with van der Waals surface area (Å²) in [6.07, 6.45) is 0.626. The fraction of sp³-hybridized carbons (Fsp3) is 0.136. The number of benzene rings is 3. The van der Waals surface area contributed by atoms with Crippen molar-refractivity contribution in [2.24, 2.45) is 0 Å². The van der Waals surface area contributed by atoms with Crippen LogP contribution in [0.25, 0.3) is 0 Å². The summed E-state index contributed by atoms with van der Waals surface area (Å²) in [6, 6.07) is 18.5. The van der Waals surface area contributed by atoms with Crippen LogP contribution in [0.2, 0.25) is 0 Å². The van der Waals surface area contributed by atoms with Crippen molar-refractivity contribution in [1.29, 1.82) is 0 Å². The second-order valence-corrected chi connectivity index (χ2v) is 8.70. The lowest BCUT2D eigenvalue weighted by Crippen LogP contribution is -2.29. The largest absolute Gasteiger partial charge is 0.435 e. The Morgan fingerprint density at radius 3 is 2.48 bits per heavy atom. The minimum Gasteiger partial charge on any atom is -0.435 e. The number of nitrogens with one attached hydrogen (secondary N) is 1. The van der Waals surface area contributed by atoms with E-state index in [0.29, 0.717) is 24.3 Å². The molecule has 0 saturated carbocycles. The molecular formula is C22H18F2N2O4S. The summed E-state index contributed by atoms with van der Waals surface area (Å²) < 4.78 is 56.4. The minimum atomic E-state index is -3.83. The highest BCUT2D eigenvalue weighted by Crippen LogP contribution is 2.32. The Balaban J connectivity index is 1.53. The van der Waals surface area contributed by atoms with Gasteiger partial charge in [-0.1, -0.05) is 24.3 Å². The van der Waals surface area contributed by atoms with Gasteiger partial charge in [0.2, 0.25) is 0 Å². The third-order valence-corrected chi connectivity index (χ3v) is 6.68. The van der Waals surface area contributed by atoms with Crippen LogP contribution in [0, 0.1) is 0 Å². The second-order valence-electron chi connectivity index (χ2n) is 6.84. The average Bonchev–Trinajstić information content (AvgIpc) is 3.20. The Labute approximate surface area is 178 Å². The molecule has 6 nitrogen and oxygen atoms in total. The standard InChI is InChI=1S/C22H18F2N2O4S/c23-22(24)30-18-10-8-17(9-11-18)25-21(27)16-5-3-6-19(14-16)31(28,29)26-13-12-15-4-1-2-7-20(15)26/h1-11,14,22H,12-13H2,(H,25,27). The number of sulfonamides is 1. The molecule has 0 bridgehead atoms. The van der Waals surface area contributed by atoms with Gasteiger partial charge in [-0.05, 0) is 60.5 Å². The normalized spacial score (nSPS) is 13.2. The van der Waals surface area contributed by atoms with E-state index < -0.39 is 22.5 Å². The number of halogens is 2. The van der Waals surface area contributed by atoms with E-state index >= 15 is 0 Å². The third-order valence-electron chi connectivity index (χ3n) is 4.87. The first-order valence-electron chi connectivity index (χ1n) is 9.41. The summed E-state index contributed by atoms with van der Waals surface area (Å²) in [5, 5.41) is 2.61. The predicted molar refractivity (Wildman–Crippen MR) is 112 cm³/mol. The second kappa shape index (κ2) is 8.35. The molecule has 0 radical (unpaired) electrons. The van der Waals surface area contributed by atoms with Gasteiger partial charge in [0.15, 0.2) is 0 Å². The van der Waals surface area contributed by atoms with Gasteiger partial charge in [0.1, 0.15) is 5.75 Å². The van der Waals surface area contributed by atoms with E-state index in [1.54, 1.807) is 12.1 Å². The molecule has 160 valence electrons. The molecule has 0 spiro atoms. The zero-order chi connectivity index (χ0) is 22.0. The molecule has 0 unspecified atom stereocenters. The maximum Gasteiger partial charge on any atom is 0.387 e. The molecule has 1 N–H and O–H groups in total. The lowest BCUT2D eigenvalue weighted by atomic mass is 10.2. The van der Waals surface area contributed by atoms with Crippen molar-refractivity contribution in [3.63, 3.8) is 0 Å². The zero-order valence-corrected chi connectivity index (χ0v) is 17.0. The Hall–Kier alpha value is -3.46. The highest BCUT2D eigenvalue weighted by molar-refractivity contribution is 7.92. The number of hydrogen-bond donors (Lipinski definition) is 1. The number of amides is 1. The van der Waals surface area contributed by atoms with E-state index in [-0.39, 0.29) is 16.2 Å². The average molecular weight is 444 g/mol. The Kier molecular flexibility index (Phi) is 5.60. The zero-order valence-electron chi connectivity index (χ0n) is 16.2. The Bertz CT molecular complexity index is 1210. The molecule has 9 heteroatoms. The molecule has 3 aromatic rings. The van der Waals surface area contributed by atoms with Gasteiger partial charge in [0, 0.05) is 17.8 Å². The number of alkyl halides is 2. The monoisotopic (exact) mass is 444 g/mol. The SMILES string of the molecule is O=C(Nc1ccc(OC(F)F)cc1)c1cccc(S(=O)(=O)N2CCc3ccccc32)c1.